The third-order valence-electron chi connectivity index (χ3n) is 2.88. The lowest BCUT2D eigenvalue weighted by Gasteiger charge is -2.18. The van der Waals surface area contributed by atoms with Crippen molar-refractivity contribution in [2.24, 2.45) is 5.92 Å². The van der Waals surface area contributed by atoms with Crippen LogP contribution < -0.4 is 4.90 Å². The lowest BCUT2D eigenvalue weighted by Crippen LogP contribution is -2.26. The minimum atomic E-state index is -0.485. The number of halogens is 1. The molecule has 1 heterocycles. The number of anilines is 1. The van der Waals surface area contributed by atoms with Gasteiger partial charge in [0.15, 0.2) is 0 Å². The molecule has 5 nitrogen and oxygen atoms in total. The summed E-state index contributed by atoms with van der Waals surface area (Å²) in [4.78, 5) is 24.6. The van der Waals surface area contributed by atoms with Gasteiger partial charge < -0.3 is 14.7 Å². The molecular formula is C12H12ClNO4. The van der Waals surface area contributed by atoms with Crippen molar-refractivity contribution in [2.75, 3.05) is 18.6 Å². The van der Waals surface area contributed by atoms with Crippen LogP contribution in [0.4, 0.5) is 5.69 Å². The summed E-state index contributed by atoms with van der Waals surface area (Å²) in [5.74, 6) is -1.09. The zero-order valence-electron chi connectivity index (χ0n) is 9.72. The minimum absolute atomic E-state index is 0.0173. The number of amides is 1. The summed E-state index contributed by atoms with van der Waals surface area (Å²) < 4.78 is 4.62. The van der Waals surface area contributed by atoms with Gasteiger partial charge in [-0.15, -0.1) is 0 Å². The number of aromatic hydroxyl groups is 1. The van der Waals surface area contributed by atoms with Crippen LogP contribution in [-0.2, 0) is 14.3 Å². The Hall–Kier alpha value is -1.75. The Morgan fingerprint density at radius 3 is 2.94 bits per heavy atom. The predicted octanol–water partition coefficient (Wildman–Crippen LogP) is 1.57. The molecule has 0 radical (unpaired) electrons. The molecule has 1 atom stereocenters. The van der Waals surface area contributed by atoms with E-state index in [4.69, 9.17) is 11.6 Å². The Kier molecular flexibility index (Phi) is 3.43. The van der Waals surface area contributed by atoms with Gasteiger partial charge >= 0.3 is 5.97 Å². The van der Waals surface area contributed by atoms with Crippen molar-refractivity contribution in [3.63, 3.8) is 0 Å². The summed E-state index contributed by atoms with van der Waals surface area (Å²) in [5, 5.41) is 9.77. The van der Waals surface area contributed by atoms with E-state index in [1.807, 2.05) is 0 Å². The molecule has 96 valence electrons. The van der Waals surface area contributed by atoms with E-state index >= 15 is 0 Å². The van der Waals surface area contributed by atoms with Gasteiger partial charge in [-0.05, 0) is 12.1 Å². The normalized spacial score (nSPS) is 19.1. The molecule has 1 fully saturated rings. The van der Waals surface area contributed by atoms with E-state index in [2.05, 4.69) is 4.74 Å². The van der Waals surface area contributed by atoms with E-state index in [-0.39, 0.29) is 24.6 Å². The van der Waals surface area contributed by atoms with E-state index in [9.17, 15) is 14.7 Å². The lowest BCUT2D eigenvalue weighted by atomic mass is 10.1. The quantitative estimate of drug-likeness (QED) is 0.828. The molecule has 1 saturated heterocycles. The number of ether oxygens (including phenoxy) is 1. The molecule has 18 heavy (non-hydrogen) atoms. The van der Waals surface area contributed by atoms with E-state index in [0.717, 1.165) is 0 Å². The van der Waals surface area contributed by atoms with Crippen molar-refractivity contribution < 1.29 is 19.4 Å². The molecule has 0 aliphatic carbocycles. The third-order valence-corrected chi connectivity index (χ3v) is 3.20. The van der Waals surface area contributed by atoms with Crippen molar-refractivity contribution >= 4 is 29.2 Å². The number of hydrogen-bond acceptors (Lipinski definition) is 4. The first-order chi connectivity index (χ1) is 8.52. The van der Waals surface area contributed by atoms with Crippen LogP contribution >= 0.6 is 11.6 Å². The number of benzene rings is 1. The number of methoxy groups -OCH3 is 1. The summed E-state index contributed by atoms with van der Waals surface area (Å²) in [6.07, 6.45) is 0.0959. The van der Waals surface area contributed by atoms with Gasteiger partial charge in [0.1, 0.15) is 5.75 Å². The molecule has 6 heteroatoms. The van der Waals surface area contributed by atoms with Gasteiger partial charge in [0.25, 0.3) is 0 Å². The van der Waals surface area contributed by atoms with Gasteiger partial charge in [0, 0.05) is 19.0 Å². The van der Waals surface area contributed by atoms with E-state index in [1.165, 1.54) is 30.2 Å². The fraction of sp³-hybridized carbons (Fsp3) is 0.333. The molecule has 1 aromatic carbocycles. The fourth-order valence-electron chi connectivity index (χ4n) is 1.97. The van der Waals surface area contributed by atoms with Crippen LogP contribution in [0.5, 0.6) is 5.75 Å². The van der Waals surface area contributed by atoms with Gasteiger partial charge in [0.05, 0.1) is 23.7 Å². The first-order valence-electron chi connectivity index (χ1n) is 5.39. The largest absolute Gasteiger partial charge is 0.508 e. The number of carbonyl (C=O) groups is 2. The summed E-state index contributed by atoms with van der Waals surface area (Å²) in [7, 11) is 1.29. The van der Waals surface area contributed by atoms with Crippen molar-refractivity contribution in [2.45, 2.75) is 6.42 Å². The lowest BCUT2D eigenvalue weighted by molar-refractivity contribution is -0.145. The van der Waals surface area contributed by atoms with Crippen LogP contribution in [0.1, 0.15) is 6.42 Å². The molecule has 1 unspecified atom stereocenters. The zero-order valence-corrected chi connectivity index (χ0v) is 10.5. The number of phenolic OH excluding ortho intramolecular Hbond substituents is 1. The average molecular weight is 270 g/mol. The van der Waals surface area contributed by atoms with Crippen LogP contribution in [0.2, 0.25) is 5.02 Å². The zero-order chi connectivity index (χ0) is 13.3. The van der Waals surface area contributed by atoms with Crippen molar-refractivity contribution in [1.29, 1.82) is 0 Å². The molecule has 2 rings (SSSR count). The second-order valence-corrected chi connectivity index (χ2v) is 4.47. The van der Waals surface area contributed by atoms with Crippen LogP contribution in [0.3, 0.4) is 0 Å². The molecule has 1 aliphatic rings. The summed E-state index contributed by atoms with van der Waals surface area (Å²) in [6, 6.07) is 4.34. The maximum atomic E-state index is 11.8. The fourth-order valence-corrected chi connectivity index (χ4v) is 2.19. The maximum absolute atomic E-state index is 11.8. The average Bonchev–Trinajstić information content (AvgIpc) is 2.73. The molecular weight excluding hydrogens is 258 g/mol. The number of rotatable bonds is 2. The van der Waals surface area contributed by atoms with Gasteiger partial charge in [-0.1, -0.05) is 11.6 Å². The smallest absolute Gasteiger partial charge is 0.311 e. The number of hydrogen-bond donors (Lipinski definition) is 1. The summed E-state index contributed by atoms with van der Waals surface area (Å²) in [6.45, 7) is 0.217. The molecule has 0 aromatic heterocycles. The van der Waals surface area contributed by atoms with Crippen molar-refractivity contribution in [1.82, 2.24) is 0 Å². The Morgan fingerprint density at radius 2 is 2.28 bits per heavy atom. The van der Waals surface area contributed by atoms with Crippen molar-refractivity contribution in [3.8, 4) is 5.75 Å². The Morgan fingerprint density at radius 1 is 1.56 bits per heavy atom. The highest BCUT2D eigenvalue weighted by molar-refractivity contribution is 6.34. The number of phenols is 1. The summed E-state index contributed by atoms with van der Waals surface area (Å²) in [5.41, 5.74) is 0.410. The molecule has 1 N–H and O–H groups in total. The summed E-state index contributed by atoms with van der Waals surface area (Å²) >= 11 is 5.98. The second kappa shape index (κ2) is 4.86. The first-order valence-corrected chi connectivity index (χ1v) is 5.77. The van der Waals surface area contributed by atoms with Crippen LogP contribution in [-0.4, -0.2) is 30.6 Å². The van der Waals surface area contributed by atoms with E-state index in [1.54, 1.807) is 0 Å². The van der Waals surface area contributed by atoms with Crippen LogP contribution in [0.25, 0.3) is 0 Å². The third kappa shape index (κ3) is 2.26. The molecule has 0 saturated carbocycles. The predicted molar refractivity (Wildman–Crippen MR) is 65.6 cm³/mol. The van der Waals surface area contributed by atoms with Crippen LogP contribution in [0.15, 0.2) is 18.2 Å². The molecule has 1 aliphatic heterocycles. The molecule has 0 bridgehead atoms. The Labute approximate surface area is 109 Å². The van der Waals surface area contributed by atoms with Gasteiger partial charge in [-0.2, -0.15) is 0 Å². The minimum Gasteiger partial charge on any atom is -0.508 e. The van der Waals surface area contributed by atoms with E-state index in [0.29, 0.717) is 10.7 Å². The highest BCUT2D eigenvalue weighted by atomic mass is 35.5. The number of carbonyl (C=O) groups excluding carboxylic acids is 2. The van der Waals surface area contributed by atoms with Crippen molar-refractivity contribution in [3.05, 3.63) is 23.2 Å². The van der Waals surface area contributed by atoms with Gasteiger partial charge in [0.2, 0.25) is 5.91 Å². The second-order valence-electron chi connectivity index (χ2n) is 4.06. The van der Waals surface area contributed by atoms with Gasteiger partial charge in [-0.25, -0.2) is 0 Å². The number of nitrogens with zero attached hydrogens (tertiary/aromatic N) is 1. The molecule has 1 aromatic rings. The Balaban J connectivity index is 2.27. The number of esters is 1. The Bertz CT molecular complexity index is 503. The SMILES string of the molecule is COC(=O)C1CC(=O)N(c2cc(O)ccc2Cl)C1. The molecule has 0 spiro atoms. The maximum Gasteiger partial charge on any atom is 0.311 e. The topological polar surface area (TPSA) is 66.8 Å². The monoisotopic (exact) mass is 269 g/mol. The van der Waals surface area contributed by atoms with Crippen LogP contribution in [0, 0.1) is 5.92 Å². The highest BCUT2D eigenvalue weighted by Crippen LogP contribution is 2.34. The molecule has 1 amide bonds. The first kappa shape index (κ1) is 12.7. The van der Waals surface area contributed by atoms with Gasteiger partial charge in [-0.3, -0.25) is 9.59 Å². The highest BCUT2D eigenvalue weighted by Gasteiger charge is 2.36. The van der Waals surface area contributed by atoms with E-state index < -0.39 is 11.9 Å². The standard InChI is InChI=1S/C12H12ClNO4/c1-18-12(17)7-4-11(16)14(6-7)10-5-8(15)2-3-9(10)13/h2-3,5,7,15H,4,6H2,1H3.